The molecular formula is C19H28FN3O2. The predicted molar refractivity (Wildman–Crippen MR) is 98.6 cm³/mol. The second-order valence-electron chi connectivity index (χ2n) is 5.96. The molecule has 2 N–H and O–H groups in total. The van der Waals surface area contributed by atoms with Gasteiger partial charge in [-0.05, 0) is 44.4 Å². The minimum absolute atomic E-state index is 0.0690. The van der Waals surface area contributed by atoms with Gasteiger partial charge >= 0.3 is 0 Å². The second-order valence-corrected chi connectivity index (χ2v) is 5.96. The lowest BCUT2D eigenvalue weighted by atomic mass is 10.1. The van der Waals surface area contributed by atoms with Crippen LogP contribution in [0.4, 0.5) is 4.39 Å². The maximum absolute atomic E-state index is 13.9. The minimum Gasteiger partial charge on any atom is -0.494 e. The predicted octanol–water partition coefficient (Wildman–Crippen LogP) is 3.19. The minimum atomic E-state index is -0.359. The van der Waals surface area contributed by atoms with E-state index >= 15 is 0 Å². The van der Waals surface area contributed by atoms with Crippen molar-refractivity contribution in [1.29, 1.82) is 0 Å². The molecule has 1 atom stereocenters. The fraction of sp³-hybridized carbons (Fsp3) is 0.526. The molecule has 0 aromatic heterocycles. The molecule has 0 amide bonds. The van der Waals surface area contributed by atoms with E-state index in [2.05, 4.69) is 21.7 Å². The zero-order valence-electron chi connectivity index (χ0n) is 15.3. The Balaban J connectivity index is 1.95. The van der Waals surface area contributed by atoms with Gasteiger partial charge in [0.25, 0.3) is 0 Å². The van der Waals surface area contributed by atoms with E-state index in [-0.39, 0.29) is 17.6 Å². The number of hydrogen-bond donors (Lipinski definition) is 2. The maximum Gasteiger partial charge on any atom is 0.191 e. The normalized spacial score (nSPS) is 16.2. The summed E-state index contributed by atoms with van der Waals surface area (Å²) in [4.78, 5) is 4.62. The van der Waals surface area contributed by atoms with Crippen LogP contribution in [-0.4, -0.2) is 39.4 Å². The number of halogens is 1. The SMILES string of the molecule is CCNC(=NCCC1=CCOCC1)NC(C)c1ccc(OC)c(F)c1. The van der Waals surface area contributed by atoms with Crippen molar-refractivity contribution in [2.75, 3.05) is 33.4 Å². The number of nitrogens with one attached hydrogen (secondary N) is 2. The summed E-state index contributed by atoms with van der Waals surface area (Å²) in [7, 11) is 1.46. The Labute approximate surface area is 149 Å². The number of aliphatic imine (C=N–C) groups is 1. The maximum atomic E-state index is 13.9. The first-order valence-electron chi connectivity index (χ1n) is 8.78. The number of methoxy groups -OCH3 is 1. The first-order chi connectivity index (χ1) is 12.1. The molecule has 0 saturated carbocycles. The first-order valence-corrected chi connectivity index (χ1v) is 8.78. The van der Waals surface area contributed by atoms with Crippen LogP contribution in [0.5, 0.6) is 5.75 Å². The van der Waals surface area contributed by atoms with Crippen molar-refractivity contribution in [3.05, 3.63) is 41.2 Å². The van der Waals surface area contributed by atoms with Crippen LogP contribution < -0.4 is 15.4 Å². The second kappa shape index (κ2) is 10.0. The third-order valence-electron chi connectivity index (χ3n) is 4.13. The molecule has 0 saturated heterocycles. The van der Waals surface area contributed by atoms with Crippen LogP contribution in [0.15, 0.2) is 34.8 Å². The third-order valence-corrected chi connectivity index (χ3v) is 4.13. The molecule has 1 aliphatic rings. The topological polar surface area (TPSA) is 54.9 Å². The Bertz CT molecular complexity index is 617. The van der Waals surface area contributed by atoms with E-state index in [1.165, 1.54) is 18.7 Å². The molecule has 0 radical (unpaired) electrons. The van der Waals surface area contributed by atoms with Crippen LogP contribution >= 0.6 is 0 Å². The van der Waals surface area contributed by atoms with E-state index in [0.29, 0.717) is 13.2 Å². The quantitative estimate of drug-likeness (QED) is 0.451. The Morgan fingerprint density at radius 2 is 2.28 bits per heavy atom. The summed E-state index contributed by atoms with van der Waals surface area (Å²) < 4.78 is 24.2. The van der Waals surface area contributed by atoms with Gasteiger partial charge in [-0.2, -0.15) is 0 Å². The average molecular weight is 349 g/mol. The number of guanidine groups is 1. The van der Waals surface area contributed by atoms with Crippen molar-refractivity contribution in [3.63, 3.8) is 0 Å². The fourth-order valence-corrected chi connectivity index (χ4v) is 2.66. The van der Waals surface area contributed by atoms with Gasteiger partial charge < -0.3 is 20.1 Å². The van der Waals surface area contributed by atoms with Gasteiger partial charge in [-0.15, -0.1) is 0 Å². The van der Waals surface area contributed by atoms with Crippen molar-refractivity contribution in [2.24, 2.45) is 4.99 Å². The number of rotatable bonds is 7. The van der Waals surface area contributed by atoms with Crippen LogP contribution in [-0.2, 0) is 4.74 Å². The summed E-state index contributed by atoms with van der Waals surface area (Å²) in [5.74, 6) is 0.627. The largest absolute Gasteiger partial charge is 0.494 e. The van der Waals surface area contributed by atoms with Gasteiger partial charge in [0.2, 0.25) is 0 Å². The standard InChI is InChI=1S/C19H28FN3O2/c1-4-21-19(22-10-7-15-8-11-25-12-9-15)23-14(2)16-5-6-18(24-3)17(20)13-16/h5-6,8,13-14H,4,7,9-12H2,1-3H3,(H2,21,22,23). The van der Waals surface area contributed by atoms with Crippen molar-refractivity contribution in [2.45, 2.75) is 32.7 Å². The summed E-state index contributed by atoms with van der Waals surface area (Å²) in [5, 5.41) is 6.56. The molecule has 25 heavy (non-hydrogen) atoms. The number of benzene rings is 1. The molecule has 2 rings (SSSR count). The van der Waals surface area contributed by atoms with Gasteiger partial charge in [0.1, 0.15) is 0 Å². The summed E-state index contributed by atoms with van der Waals surface area (Å²) in [6.45, 7) is 6.99. The highest BCUT2D eigenvalue weighted by Gasteiger charge is 2.11. The summed E-state index contributed by atoms with van der Waals surface area (Å²) >= 11 is 0. The Kier molecular flexibility index (Phi) is 7.73. The van der Waals surface area contributed by atoms with E-state index in [0.717, 1.165) is 37.5 Å². The molecule has 0 aliphatic carbocycles. The van der Waals surface area contributed by atoms with Crippen molar-refractivity contribution in [3.8, 4) is 5.75 Å². The van der Waals surface area contributed by atoms with E-state index in [9.17, 15) is 4.39 Å². The Morgan fingerprint density at radius 1 is 1.44 bits per heavy atom. The molecule has 6 heteroatoms. The van der Waals surface area contributed by atoms with Crippen LogP contribution in [0.25, 0.3) is 0 Å². The third kappa shape index (κ3) is 6.05. The zero-order chi connectivity index (χ0) is 18.1. The van der Waals surface area contributed by atoms with E-state index in [1.54, 1.807) is 6.07 Å². The van der Waals surface area contributed by atoms with Crippen LogP contribution in [0.3, 0.4) is 0 Å². The molecule has 1 aromatic carbocycles. The zero-order valence-corrected chi connectivity index (χ0v) is 15.3. The molecule has 0 spiro atoms. The van der Waals surface area contributed by atoms with Crippen LogP contribution in [0, 0.1) is 5.82 Å². The van der Waals surface area contributed by atoms with Crippen molar-refractivity contribution < 1.29 is 13.9 Å². The summed E-state index contributed by atoms with van der Waals surface area (Å²) in [6.07, 6.45) is 4.06. The lowest BCUT2D eigenvalue weighted by Crippen LogP contribution is -2.38. The van der Waals surface area contributed by atoms with E-state index in [1.807, 2.05) is 19.9 Å². The van der Waals surface area contributed by atoms with E-state index < -0.39 is 0 Å². The highest BCUT2D eigenvalue weighted by Crippen LogP contribution is 2.21. The van der Waals surface area contributed by atoms with Crippen molar-refractivity contribution >= 4 is 5.96 Å². The average Bonchev–Trinajstić information content (AvgIpc) is 2.62. The molecule has 138 valence electrons. The summed E-state index contributed by atoms with van der Waals surface area (Å²) in [5.41, 5.74) is 2.24. The first kappa shape index (κ1) is 19.2. The molecule has 1 aromatic rings. The van der Waals surface area contributed by atoms with Crippen LogP contribution in [0.2, 0.25) is 0 Å². The smallest absolute Gasteiger partial charge is 0.191 e. The van der Waals surface area contributed by atoms with Crippen LogP contribution in [0.1, 0.15) is 38.3 Å². The lowest BCUT2D eigenvalue weighted by Gasteiger charge is -2.19. The Hall–Kier alpha value is -2.08. The molecule has 0 bridgehead atoms. The monoisotopic (exact) mass is 349 g/mol. The lowest BCUT2D eigenvalue weighted by molar-refractivity contribution is 0.153. The van der Waals surface area contributed by atoms with Gasteiger partial charge in [0.15, 0.2) is 17.5 Å². The number of ether oxygens (including phenoxy) is 2. The molecule has 5 nitrogen and oxygen atoms in total. The van der Waals surface area contributed by atoms with E-state index in [4.69, 9.17) is 9.47 Å². The van der Waals surface area contributed by atoms with Gasteiger partial charge in [0, 0.05) is 13.1 Å². The summed E-state index contributed by atoms with van der Waals surface area (Å²) in [6, 6.07) is 4.92. The molecule has 1 unspecified atom stereocenters. The fourth-order valence-electron chi connectivity index (χ4n) is 2.66. The van der Waals surface area contributed by atoms with Crippen molar-refractivity contribution in [1.82, 2.24) is 10.6 Å². The molecule has 1 aliphatic heterocycles. The highest BCUT2D eigenvalue weighted by molar-refractivity contribution is 5.80. The number of nitrogens with zero attached hydrogens (tertiary/aromatic N) is 1. The Morgan fingerprint density at radius 3 is 2.92 bits per heavy atom. The van der Waals surface area contributed by atoms with Gasteiger partial charge in [-0.3, -0.25) is 4.99 Å². The van der Waals surface area contributed by atoms with Gasteiger partial charge in [0.05, 0.1) is 26.4 Å². The number of hydrogen-bond acceptors (Lipinski definition) is 3. The highest BCUT2D eigenvalue weighted by atomic mass is 19.1. The molecular weight excluding hydrogens is 321 g/mol. The molecule has 1 heterocycles. The van der Waals surface area contributed by atoms with Gasteiger partial charge in [-0.25, -0.2) is 4.39 Å². The van der Waals surface area contributed by atoms with Gasteiger partial charge in [-0.1, -0.05) is 17.7 Å². The molecule has 0 fully saturated rings.